The molecule has 0 amide bonds. The summed E-state index contributed by atoms with van der Waals surface area (Å²) in [7, 11) is -9.93. The number of phosphoric acid groups is 2. The van der Waals surface area contributed by atoms with Gasteiger partial charge in [-0.15, -0.1) is 0 Å². The Balaban J connectivity index is 5.27. The van der Waals surface area contributed by atoms with Crippen LogP contribution in [0.1, 0.15) is 382 Å². The van der Waals surface area contributed by atoms with E-state index in [0.29, 0.717) is 25.7 Å². The average molecular weight is 1430 g/mol. The Morgan fingerprint density at radius 3 is 0.908 bits per heavy atom. The fourth-order valence-corrected chi connectivity index (χ4v) is 13.1. The van der Waals surface area contributed by atoms with Crippen molar-refractivity contribution in [2.24, 2.45) is 17.8 Å². The first-order chi connectivity index (χ1) is 47.3. The van der Waals surface area contributed by atoms with Gasteiger partial charge in [-0.05, 0) is 69.1 Å². The van der Waals surface area contributed by atoms with Crippen LogP contribution in [0.4, 0.5) is 0 Å². The second kappa shape index (κ2) is 68.9. The van der Waals surface area contributed by atoms with E-state index in [1.807, 2.05) is 0 Å². The smallest absolute Gasteiger partial charge is 0.462 e. The summed E-state index contributed by atoms with van der Waals surface area (Å²) in [6, 6.07) is 0. The third kappa shape index (κ3) is 70.6. The first-order valence-corrected chi connectivity index (χ1v) is 43.2. The average Bonchev–Trinajstić information content (AvgIpc) is 0.974. The molecule has 0 rings (SSSR count). The number of phosphoric ester groups is 2. The van der Waals surface area contributed by atoms with Crippen LogP contribution in [-0.2, 0) is 65.4 Å². The highest BCUT2D eigenvalue weighted by Crippen LogP contribution is 2.45. The number of hydrogen-bond acceptors (Lipinski definition) is 15. The molecule has 19 heteroatoms. The molecule has 0 aromatic rings. The van der Waals surface area contributed by atoms with Crippen molar-refractivity contribution in [2.45, 2.75) is 401 Å². The van der Waals surface area contributed by atoms with E-state index in [1.54, 1.807) is 0 Å². The van der Waals surface area contributed by atoms with E-state index in [1.165, 1.54) is 173 Å². The number of carbonyl (C=O) groups excluding carboxylic acids is 4. The summed E-state index contributed by atoms with van der Waals surface area (Å²) in [6.07, 6.45) is 59.1. The van der Waals surface area contributed by atoms with E-state index in [9.17, 15) is 43.2 Å². The molecule has 17 nitrogen and oxygen atoms in total. The van der Waals surface area contributed by atoms with Gasteiger partial charge in [0.15, 0.2) is 12.2 Å². The number of unbranched alkanes of at least 4 members (excludes halogenated alkanes) is 39. The molecule has 0 heterocycles. The number of aliphatic hydroxyl groups is 1. The molecule has 0 spiro atoms. The van der Waals surface area contributed by atoms with Gasteiger partial charge in [0.05, 0.1) is 26.4 Å². The largest absolute Gasteiger partial charge is 0.472 e. The van der Waals surface area contributed by atoms with Crippen molar-refractivity contribution in [3.63, 3.8) is 0 Å². The lowest BCUT2D eigenvalue weighted by Gasteiger charge is -2.21. The highest BCUT2D eigenvalue weighted by Gasteiger charge is 2.30. The predicted molar refractivity (Wildman–Crippen MR) is 400 cm³/mol. The van der Waals surface area contributed by atoms with Crippen LogP contribution in [0.5, 0.6) is 0 Å². The first-order valence-electron chi connectivity index (χ1n) is 40.2. The highest BCUT2D eigenvalue weighted by molar-refractivity contribution is 7.47. The number of rotatable bonds is 75. The summed E-state index contributed by atoms with van der Waals surface area (Å²) in [6.45, 7) is 11.8. The van der Waals surface area contributed by atoms with Gasteiger partial charge < -0.3 is 33.8 Å². The van der Waals surface area contributed by atoms with E-state index < -0.39 is 97.5 Å². The van der Waals surface area contributed by atoms with Crippen LogP contribution in [0, 0.1) is 17.8 Å². The van der Waals surface area contributed by atoms with Crippen molar-refractivity contribution < 1.29 is 80.2 Å². The summed E-state index contributed by atoms with van der Waals surface area (Å²) in [4.78, 5) is 72.9. The molecule has 578 valence electrons. The summed E-state index contributed by atoms with van der Waals surface area (Å²) in [5.74, 6) is 0.160. The Morgan fingerprint density at radius 1 is 0.337 bits per heavy atom. The van der Waals surface area contributed by atoms with E-state index in [-0.39, 0.29) is 25.7 Å². The first kappa shape index (κ1) is 95.5. The second-order valence-electron chi connectivity index (χ2n) is 29.0. The number of aliphatic hydroxyl groups excluding tert-OH is 1. The lowest BCUT2D eigenvalue weighted by Crippen LogP contribution is -2.30. The topological polar surface area (TPSA) is 237 Å². The van der Waals surface area contributed by atoms with Crippen molar-refractivity contribution in [1.29, 1.82) is 0 Å². The van der Waals surface area contributed by atoms with Gasteiger partial charge in [-0.3, -0.25) is 37.3 Å². The van der Waals surface area contributed by atoms with Crippen LogP contribution in [-0.4, -0.2) is 96.7 Å². The minimum atomic E-state index is -4.97. The van der Waals surface area contributed by atoms with Crippen LogP contribution in [0.2, 0.25) is 0 Å². The number of esters is 4. The molecule has 0 saturated heterocycles. The molecule has 0 fully saturated rings. The van der Waals surface area contributed by atoms with Crippen LogP contribution >= 0.6 is 15.6 Å². The van der Waals surface area contributed by atoms with Crippen molar-refractivity contribution in [3.05, 3.63) is 24.3 Å². The third-order valence-electron chi connectivity index (χ3n) is 18.1. The van der Waals surface area contributed by atoms with E-state index >= 15 is 0 Å². The lowest BCUT2D eigenvalue weighted by molar-refractivity contribution is -0.161. The molecule has 0 aromatic carbocycles. The molecule has 0 saturated carbocycles. The molecule has 0 bridgehead atoms. The molecule has 0 aliphatic carbocycles. The number of allylic oxidation sites excluding steroid dienone is 4. The fraction of sp³-hybridized carbons (Fsp3) is 0.899. The summed E-state index contributed by atoms with van der Waals surface area (Å²) in [5.41, 5.74) is 0. The summed E-state index contributed by atoms with van der Waals surface area (Å²) < 4.78 is 68.6. The summed E-state index contributed by atoms with van der Waals surface area (Å²) in [5, 5.41) is 10.6. The molecule has 3 N–H and O–H groups in total. The van der Waals surface area contributed by atoms with Crippen molar-refractivity contribution in [3.8, 4) is 0 Å². The SMILES string of the molecule is CCCCCC/C=C\C=C/CCCCCCCC(=O)O[C@H](COC(=O)CCCCCCCCCCCCCC(C)C)COP(=O)(O)OC[C@@H](O)COP(=O)(O)OC[C@@H](COC(=O)CCCCCCCCC(C)CC)OC(=O)CCCCCCCCCCCCCCCCCCC(C)C. The maximum atomic E-state index is 13.1. The van der Waals surface area contributed by atoms with Gasteiger partial charge in [0.1, 0.15) is 19.3 Å². The number of carbonyl (C=O) groups is 4. The maximum absolute atomic E-state index is 13.1. The molecule has 98 heavy (non-hydrogen) atoms. The van der Waals surface area contributed by atoms with Crippen LogP contribution in [0.3, 0.4) is 0 Å². The monoisotopic (exact) mass is 1430 g/mol. The Hall–Kier alpha value is -2.46. The fourth-order valence-electron chi connectivity index (χ4n) is 11.6. The van der Waals surface area contributed by atoms with E-state index in [2.05, 4.69) is 72.8 Å². The molecule has 0 aliphatic rings. The highest BCUT2D eigenvalue weighted by atomic mass is 31.2. The molecular weight excluding hydrogens is 1280 g/mol. The number of ether oxygens (including phenoxy) is 4. The zero-order valence-corrected chi connectivity index (χ0v) is 65.5. The zero-order valence-electron chi connectivity index (χ0n) is 63.7. The van der Waals surface area contributed by atoms with Crippen molar-refractivity contribution in [1.82, 2.24) is 0 Å². The third-order valence-corrected chi connectivity index (χ3v) is 20.0. The Morgan fingerprint density at radius 2 is 0.602 bits per heavy atom. The predicted octanol–water partition coefficient (Wildman–Crippen LogP) is 22.9. The Kier molecular flexibility index (Phi) is 67.2. The molecule has 0 radical (unpaired) electrons. The van der Waals surface area contributed by atoms with Gasteiger partial charge in [-0.1, -0.05) is 330 Å². The van der Waals surface area contributed by atoms with E-state index in [4.69, 9.17) is 37.0 Å². The Labute approximate surface area is 599 Å². The van der Waals surface area contributed by atoms with Gasteiger partial charge in [0.2, 0.25) is 0 Å². The lowest BCUT2D eigenvalue weighted by atomic mass is 10.00. The second-order valence-corrected chi connectivity index (χ2v) is 31.9. The van der Waals surface area contributed by atoms with E-state index in [0.717, 1.165) is 127 Å². The normalized spacial score (nSPS) is 14.4. The van der Waals surface area contributed by atoms with Gasteiger partial charge in [-0.25, -0.2) is 9.13 Å². The van der Waals surface area contributed by atoms with Crippen molar-refractivity contribution >= 4 is 39.5 Å². The Bertz CT molecular complexity index is 2000. The molecule has 6 atom stereocenters. The van der Waals surface area contributed by atoms with Gasteiger partial charge in [0.25, 0.3) is 0 Å². The standard InChI is InChI=1S/C79H150O17P2/c1-8-10-11-12-13-14-15-16-19-23-28-34-39-48-55-62-78(83)95-74(66-89-76(81)60-53-46-38-33-30-25-27-32-37-44-51-58-71(5)6)68-93-97(85,86)91-64-73(80)65-92-98(87,88)94-69-75(67-90-77(82)61-54-47-42-41-45-52-59-72(7)9-2)96-79(84)63-56-49-40-35-29-24-21-18-17-20-22-26-31-36-43-50-57-70(3)4/h14-16,19,70-75,80H,8-13,17-18,20-69H2,1-7H3,(H,85,86)(H,87,88)/b15-14-,19-16-/t72?,73-,74-,75-/m1/s1. The van der Waals surface area contributed by atoms with Gasteiger partial charge >= 0.3 is 39.5 Å². The summed E-state index contributed by atoms with van der Waals surface area (Å²) >= 11 is 0. The van der Waals surface area contributed by atoms with Crippen LogP contribution in [0.25, 0.3) is 0 Å². The quantitative estimate of drug-likeness (QED) is 0.0169. The zero-order chi connectivity index (χ0) is 72.3. The number of hydrogen-bond donors (Lipinski definition) is 3. The van der Waals surface area contributed by atoms with Gasteiger partial charge in [0, 0.05) is 25.7 Å². The molecule has 0 aliphatic heterocycles. The van der Waals surface area contributed by atoms with Crippen LogP contribution in [0.15, 0.2) is 24.3 Å². The minimum absolute atomic E-state index is 0.0847. The van der Waals surface area contributed by atoms with Crippen LogP contribution < -0.4 is 0 Å². The maximum Gasteiger partial charge on any atom is 0.472 e. The minimum Gasteiger partial charge on any atom is -0.462 e. The molecule has 3 unspecified atom stereocenters. The van der Waals surface area contributed by atoms with Crippen molar-refractivity contribution in [2.75, 3.05) is 39.6 Å². The molecule has 0 aromatic heterocycles. The molecular formula is C79H150O17P2. The van der Waals surface area contributed by atoms with Gasteiger partial charge in [-0.2, -0.15) is 0 Å².